The number of hydrogen-bond donors (Lipinski definition) is 6. The van der Waals surface area contributed by atoms with Crippen LogP contribution in [-0.4, -0.2) is 72.0 Å². The van der Waals surface area contributed by atoms with Crippen molar-refractivity contribution in [1.82, 2.24) is 16.0 Å². The summed E-state index contributed by atoms with van der Waals surface area (Å²) in [5.41, 5.74) is 10.7. The summed E-state index contributed by atoms with van der Waals surface area (Å²) in [5.74, 6) is -2.16. The Kier molecular flexibility index (Phi) is 13.3. The summed E-state index contributed by atoms with van der Waals surface area (Å²) < 4.78 is 0. The van der Waals surface area contributed by atoms with Gasteiger partial charge in [0.15, 0.2) is 0 Å². The van der Waals surface area contributed by atoms with Crippen molar-refractivity contribution in [3.63, 3.8) is 0 Å². The number of carbonyl (C=O) groups excluding carboxylic acids is 3. The second-order valence-corrected chi connectivity index (χ2v) is 7.01. The van der Waals surface area contributed by atoms with Crippen molar-refractivity contribution >= 4 is 35.5 Å². The zero-order chi connectivity index (χ0) is 20.8. The van der Waals surface area contributed by atoms with Crippen molar-refractivity contribution in [2.75, 3.05) is 25.1 Å². The van der Waals surface area contributed by atoms with Gasteiger partial charge < -0.3 is 32.5 Å². The maximum absolute atomic E-state index is 12.6. The molecule has 0 fully saturated rings. The predicted molar refractivity (Wildman–Crippen MR) is 104 cm³/mol. The Labute approximate surface area is 163 Å². The third kappa shape index (κ3) is 10.8. The van der Waals surface area contributed by atoms with Gasteiger partial charge in [0.1, 0.15) is 18.1 Å². The highest BCUT2D eigenvalue weighted by molar-refractivity contribution is 7.98. The SMILES string of the molecule is CSCCC(NC(=O)C(CCCCN)NC(=O)CN)C(=O)NC(C)C(=O)O. The molecule has 27 heavy (non-hydrogen) atoms. The molecule has 8 N–H and O–H groups in total. The van der Waals surface area contributed by atoms with Gasteiger partial charge in [0.25, 0.3) is 0 Å². The van der Waals surface area contributed by atoms with Gasteiger partial charge in [-0.15, -0.1) is 0 Å². The summed E-state index contributed by atoms with van der Waals surface area (Å²) in [6, 6.07) is -2.82. The summed E-state index contributed by atoms with van der Waals surface area (Å²) in [6.07, 6.45) is 3.85. The summed E-state index contributed by atoms with van der Waals surface area (Å²) in [6.45, 7) is 1.54. The minimum atomic E-state index is -1.17. The van der Waals surface area contributed by atoms with Crippen molar-refractivity contribution in [3.8, 4) is 0 Å². The Morgan fingerprint density at radius 1 is 0.963 bits per heavy atom. The molecule has 0 saturated heterocycles. The highest BCUT2D eigenvalue weighted by Gasteiger charge is 2.27. The van der Waals surface area contributed by atoms with Crippen LogP contribution >= 0.6 is 11.8 Å². The number of thioether (sulfide) groups is 1. The van der Waals surface area contributed by atoms with Crippen molar-refractivity contribution in [3.05, 3.63) is 0 Å². The molecular formula is C16H31N5O5S. The van der Waals surface area contributed by atoms with Crippen LogP contribution in [0.4, 0.5) is 0 Å². The molecule has 10 nitrogen and oxygen atoms in total. The molecule has 0 aliphatic carbocycles. The number of hydrogen-bond acceptors (Lipinski definition) is 7. The van der Waals surface area contributed by atoms with Gasteiger partial charge in [0, 0.05) is 0 Å². The largest absolute Gasteiger partial charge is 0.480 e. The first-order chi connectivity index (χ1) is 12.8. The lowest BCUT2D eigenvalue weighted by Gasteiger charge is -2.23. The maximum Gasteiger partial charge on any atom is 0.325 e. The van der Waals surface area contributed by atoms with Crippen molar-refractivity contribution < 1.29 is 24.3 Å². The Hall–Kier alpha value is -1.85. The topological polar surface area (TPSA) is 177 Å². The van der Waals surface area contributed by atoms with E-state index < -0.39 is 41.8 Å². The van der Waals surface area contributed by atoms with Gasteiger partial charge in [0.05, 0.1) is 6.54 Å². The summed E-state index contributed by atoms with van der Waals surface area (Å²) in [5, 5.41) is 16.4. The van der Waals surface area contributed by atoms with Gasteiger partial charge in [-0.1, -0.05) is 0 Å². The first kappa shape index (κ1) is 25.1. The number of rotatable bonds is 14. The van der Waals surface area contributed by atoms with E-state index in [0.717, 1.165) is 0 Å². The van der Waals surface area contributed by atoms with E-state index in [0.29, 0.717) is 38.0 Å². The molecule has 0 heterocycles. The second-order valence-electron chi connectivity index (χ2n) is 6.02. The molecule has 0 aromatic carbocycles. The van der Waals surface area contributed by atoms with E-state index >= 15 is 0 Å². The molecule has 0 rings (SSSR count). The monoisotopic (exact) mass is 405 g/mol. The molecule has 3 unspecified atom stereocenters. The van der Waals surface area contributed by atoms with Crippen LogP contribution in [0.3, 0.4) is 0 Å². The van der Waals surface area contributed by atoms with Gasteiger partial charge in [-0.25, -0.2) is 0 Å². The van der Waals surface area contributed by atoms with E-state index in [9.17, 15) is 19.2 Å². The van der Waals surface area contributed by atoms with Gasteiger partial charge in [0.2, 0.25) is 17.7 Å². The molecule has 0 aromatic rings. The van der Waals surface area contributed by atoms with Gasteiger partial charge >= 0.3 is 5.97 Å². The second kappa shape index (κ2) is 14.2. The molecule has 0 aromatic heterocycles. The summed E-state index contributed by atoms with van der Waals surface area (Å²) in [7, 11) is 0. The highest BCUT2D eigenvalue weighted by atomic mass is 32.2. The molecule has 3 amide bonds. The van der Waals surface area contributed by atoms with Crippen LogP contribution in [0.1, 0.15) is 32.6 Å². The van der Waals surface area contributed by atoms with Crippen LogP contribution in [0.2, 0.25) is 0 Å². The Morgan fingerprint density at radius 2 is 1.56 bits per heavy atom. The molecule has 0 bridgehead atoms. The lowest BCUT2D eigenvalue weighted by molar-refractivity contribution is -0.141. The highest BCUT2D eigenvalue weighted by Crippen LogP contribution is 2.05. The molecule has 3 atom stereocenters. The van der Waals surface area contributed by atoms with Crippen molar-refractivity contribution in [2.24, 2.45) is 11.5 Å². The fourth-order valence-corrected chi connectivity index (χ4v) is 2.64. The van der Waals surface area contributed by atoms with E-state index in [1.54, 1.807) is 0 Å². The molecule has 11 heteroatoms. The smallest absolute Gasteiger partial charge is 0.325 e. The van der Waals surface area contributed by atoms with Gasteiger partial charge in [-0.3, -0.25) is 19.2 Å². The number of unbranched alkanes of at least 4 members (excludes halogenated alkanes) is 1. The van der Waals surface area contributed by atoms with Crippen LogP contribution in [0.5, 0.6) is 0 Å². The fraction of sp³-hybridized carbons (Fsp3) is 0.750. The third-order valence-corrected chi connectivity index (χ3v) is 4.40. The average Bonchev–Trinajstić information content (AvgIpc) is 2.63. The number of amides is 3. The number of carboxylic acid groups (broad SMARTS) is 1. The van der Waals surface area contributed by atoms with E-state index in [1.165, 1.54) is 18.7 Å². The maximum atomic E-state index is 12.6. The van der Waals surface area contributed by atoms with Crippen LogP contribution in [-0.2, 0) is 19.2 Å². The first-order valence-corrected chi connectivity index (χ1v) is 10.2. The number of nitrogens with two attached hydrogens (primary N) is 2. The van der Waals surface area contributed by atoms with Crippen molar-refractivity contribution in [1.29, 1.82) is 0 Å². The minimum absolute atomic E-state index is 0.257. The van der Waals surface area contributed by atoms with E-state index in [2.05, 4.69) is 16.0 Å². The van der Waals surface area contributed by atoms with Gasteiger partial charge in [-0.2, -0.15) is 11.8 Å². The lowest BCUT2D eigenvalue weighted by atomic mass is 10.1. The van der Waals surface area contributed by atoms with Crippen LogP contribution in [0.25, 0.3) is 0 Å². The molecule has 0 aliphatic rings. The van der Waals surface area contributed by atoms with E-state index in [-0.39, 0.29) is 6.54 Å². The molecule has 156 valence electrons. The Balaban J connectivity index is 5.07. The lowest BCUT2D eigenvalue weighted by Crippen LogP contribution is -2.56. The number of aliphatic carboxylic acids is 1. The number of carbonyl (C=O) groups is 4. The summed E-state index contributed by atoms with van der Waals surface area (Å²) in [4.78, 5) is 47.4. The average molecular weight is 406 g/mol. The zero-order valence-electron chi connectivity index (χ0n) is 15.8. The number of carboxylic acids is 1. The van der Waals surface area contributed by atoms with Gasteiger partial charge in [-0.05, 0) is 51.2 Å². The predicted octanol–water partition coefficient (Wildman–Crippen LogP) is -1.61. The number of nitrogens with one attached hydrogen (secondary N) is 3. The van der Waals surface area contributed by atoms with Crippen molar-refractivity contribution in [2.45, 2.75) is 50.7 Å². The standard InChI is InChI=1S/C16H31N5O5S/c1-10(16(25)26)19-14(23)12(6-8-27-2)21-15(24)11(5-3-4-7-17)20-13(22)9-18/h10-12H,3-9,17-18H2,1-2H3,(H,19,23)(H,20,22)(H,21,24)(H,25,26). The third-order valence-electron chi connectivity index (χ3n) is 3.76. The van der Waals surface area contributed by atoms with E-state index in [1.807, 2.05) is 6.26 Å². The normalized spacial score (nSPS) is 13.9. The fourth-order valence-electron chi connectivity index (χ4n) is 2.17. The molecule has 0 saturated carbocycles. The molecule has 0 radical (unpaired) electrons. The minimum Gasteiger partial charge on any atom is -0.480 e. The molecule has 0 aliphatic heterocycles. The molecular weight excluding hydrogens is 374 g/mol. The Bertz CT molecular complexity index is 506. The first-order valence-electron chi connectivity index (χ1n) is 8.78. The van der Waals surface area contributed by atoms with Crippen LogP contribution < -0.4 is 27.4 Å². The zero-order valence-corrected chi connectivity index (χ0v) is 16.6. The van der Waals surface area contributed by atoms with E-state index in [4.69, 9.17) is 16.6 Å². The van der Waals surface area contributed by atoms with Crippen LogP contribution in [0, 0.1) is 0 Å². The quantitative estimate of drug-likeness (QED) is 0.187. The Morgan fingerprint density at radius 3 is 2.07 bits per heavy atom. The molecule has 0 spiro atoms. The summed E-state index contributed by atoms with van der Waals surface area (Å²) >= 11 is 1.49. The van der Waals surface area contributed by atoms with Crippen LogP contribution in [0.15, 0.2) is 0 Å².